The van der Waals surface area contributed by atoms with Crippen LogP contribution in [0.1, 0.15) is 34.1 Å². The van der Waals surface area contributed by atoms with Crippen LogP contribution in [0, 0.1) is 0 Å². The molecule has 0 aliphatic heterocycles. The zero-order valence-corrected chi connectivity index (χ0v) is 11.3. The molecule has 86 valence electrons. The Labute approximate surface area is 89.2 Å². The molecule has 3 N–H and O–H groups in total. The SMILES string of the molecule is CCCN[Si](NC)(NC)OC(C)(C)C. The van der Waals surface area contributed by atoms with Gasteiger partial charge in [0.05, 0.1) is 5.60 Å². The van der Waals surface area contributed by atoms with E-state index < -0.39 is 8.80 Å². The molecule has 0 spiro atoms. The fourth-order valence-corrected chi connectivity index (χ4v) is 3.60. The molecule has 0 aromatic rings. The van der Waals surface area contributed by atoms with E-state index in [4.69, 9.17) is 4.43 Å². The van der Waals surface area contributed by atoms with Gasteiger partial charge in [-0.2, -0.15) is 0 Å². The Kier molecular flexibility index (Phi) is 5.85. The summed E-state index contributed by atoms with van der Waals surface area (Å²) < 4.78 is 6.03. The van der Waals surface area contributed by atoms with Crippen LogP contribution in [0.15, 0.2) is 0 Å². The highest BCUT2D eigenvalue weighted by Gasteiger charge is 2.37. The molecule has 0 heterocycles. The Hall–Kier alpha value is 0.0569. The van der Waals surface area contributed by atoms with Crippen molar-refractivity contribution in [2.75, 3.05) is 20.6 Å². The Balaban J connectivity index is 4.36. The first-order chi connectivity index (χ1) is 6.39. The van der Waals surface area contributed by atoms with Crippen molar-refractivity contribution in [1.29, 1.82) is 0 Å². The van der Waals surface area contributed by atoms with Gasteiger partial charge in [0.1, 0.15) is 0 Å². The van der Waals surface area contributed by atoms with Gasteiger partial charge in [-0.3, -0.25) is 14.9 Å². The predicted molar refractivity (Wildman–Crippen MR) is 63.0 cm³/mol. The maximum atomic E-state index is 6.03. The van der Waals surface area contributed by atoms with E-state index in [0.29, 0.717) is 0 Å². The molecular weight excluding hydrogens is 194 g/mol. The summed E-state index contributed by atoms with van der Waals surface area (Å²) >= 11 is 0. The summed E-state index contributed by atoms with van der Waals surface area (Å²) in [7, 11) is 1.71. The third kappa shape index (κ3) is 5.07. The second-order valence-corrected chi connectivity index (χ2v) is 7.24. The van der Waals surface area contributed by atoms with Crippen molar-refractivity contribution in [3.8, 4) is 0 Å². The molecule has 0 aliphatic rings. The molecular formula is C9H25N3OSi. The van der Waals surface area contributed by atoms with Gasteiger partial charge in [0.15, 0.2) is 0 Å². The lowest BCUT2D eigenvalue weighted by atomic mass is 10.2. The summed E-state index contributed by atoms with van der Waals surface area (Å²) in [6, 6.07) is 0. The van der Waals surface area contributed by atoms with Gasteiger partial charge < -0.3 is 4.43 Å². The van der Waals surface area contributed by atoms with E-state index in [1.165, 1.54) is 0 Å². The summed E-state index contributed by atoms with van der Waals surface area (Å²) in [6.45, 7) is 9.31. The topological polar surface area (TPSA) is 45.3 Å². The van der Waals surface area contributed by atoms with Crippen molar-refractivity contribution < 1.29 is 4.43 Å². The number of hydrogen-bond donors (Lipinski definition) is 3. The summed E-state index contributed by atoms with van der Waals surface area (Å²) in [6.07, 6.45) is 1.10. The average Bonchev–Trinajstić information content (AvgIpc) is 2.10. The van der Waals surface area contributed by atoms with Crippen molar-refractivity contribution >= 4 is 8.80 Å². The Morgan fingerprint density at radius 3 is 1.93 bits per heavy atom. The number of nitrogens with one attached hydrogen (secondary N) is 3. The first kappa shape index (κ1) is 14.1. The van der Waals surface area contributed by atoms with Gasteiger partial charge >= 0.3 is 8.80 Å². The standard InChI is InChI=1S/C9H25N3OSi/c1-7-8-12-14(10-5,11-6)13-9(2,3)4/h10-12H,7-8H2,1-6H3. The zero-order chi connectivity index (χ0) is 11.2. The molecule has 5 heteroatoms. The van der Waals surface area contributed by atoms with Gasteiger partial charge in [-0.05, 0) is 47.8 Å². The Morgan fingerprint density at radius 1 is 1.14 bits per heavy atom. The van der Waals surface area contributed by atoms with Crippen molar-refractivity contribution in [3.05, 3.63) is 0 Å². The molecule has 0 aromatic carbocycles. The molecule has 0 saturated carbocycles. The van der Waals surface area contributed by atoms with Gasteiger partial charge in [0, 0.05) is 0 Å². The number of rotatable bonds is 6. The third-order valence-electron chi connectivity index (χ3n) is 1.79. The average molecular weight is 219 g/mol. The lowest BCUT2D eigenvalue weighted by molar-refractivity contribution is 0.103. The first-order valence-corrected chi connectivity index (χ1v) is 7.13. The molecule has 0 fully saturated rings. The molecule has 4 nitrogen and oxygen atoms in total. The summed E-state index contributed by atoms with van der Waals surface area (Å²) in [5.41, 5.74) is -0.140. The van der Waals surface area contributed by atoms with Crippen LogP contribution >= 0.6 is 0 Å². The quantitative estimate of drug-likeness (QED) is 0.575. The lowest BCUT2D eigenvalue weighted by Crippen LogP contribution is -2.74. The highest BCUT2D eigenvalue weighted by atomic mass is 28.4. The maximum Gasteiger partial charge on any atom is 0.440 e. The number of hydrogen-bond acceptors (Lipinski definition) is 4. The van der Waals surface area contributed by atoms with Gasteiger partial charge in [-0.1, -0.05) is 6.92 Å². The summed E-state index contributed by atoms with van der Waals surface area (Å²) in [4.78, 5) is 9.94. The fourth-order valence-electron chi connectivity index (χ4n) is 1.20. The molecule has 0 saturated heterocycles. The minimum atomic E-state index is -2.15. The zero-order valence-electron chi connectivity index (χ0n) is 10.3. The van der Waals surface area contributed by atoms with E-state index in [9.17, 15) is 0 Å². The highest BCUT2D eigenvalue weighted by Crippen LogP contribution is 2.10. The molecule has 0 radical (unpaired) electrons. The monoisotopic (exact) mass is 219 g/mol. The Bertz CT molecular complexity index is 155. The van der Waals surface area contributed by atoms with Gasteiger partial charge in [-0.15, -0.1) is 0 Å². The van der Waals surface area contributed by atoms with Gasteiger partial charge in [0.25, 0.3) is 0 Å². The second-order valence-electron chi connectivity index (χ2n) is 4.32. The lowest BCUT2D eigenvalue weighted by Gasteiger charge is -2.36. The van der Waals surface area contributed by atoms with Crippen LogP contribution in [0.4, 0.5) is 0 Å². The highest BCUT2D eigenvalue weighted by molar-refractivity contribution is 6.66. The molecule has 0 aromatic heterocycles. The molecule has 0 aliphatic carbocycles. The van der Waals surface area contributed by atoms with E-state index >= 15 is 0 Å². The summed E-state index contributed by atoms with van der Waals surface area (Å²) in [5, 5.41) is 0. The maximum absolute atomic E-state index is 6.03. The van der Waals surface area contributed by atoms with E-state index in [2.05, 4.69) is 42.6 Å². The fraction of sp³-hybridized carbons (Fsp3) is 1.00. The van der Waals surface area contributed by atoms with E-state index in [1.54, 1.807) is 0 Å². The largest absolute Gasteiger partial charge is 0.440 e. The summed E-state index contributed by atoms with van der Waals surface area (Å²) in [5.74, 6) is 0. The van der Waals surface area contributed by atoms with Crippen LogP contribution in [0.2, 0.25) is 0 Å². The molecule has 0 amide bonds. The van der Waals surface area contributed by atoms with Crippen molar-refractivity contribution in [2.45, 2.75) is 39.7 Å². The molecule has 14 heavy (non-hydrogen) atoms. The molecule has 0 bridgehead atoms. The minimum absolute atomic E-state index is 0.140. The predicted octanol–water partition coefficient (Wildman–Crippen LogP) is 0.676. The van der Waals surface area contributed by atoms with Crippen molar-refractivity contribution in [3.63, 3.8) is 0 Å². The van der Waals surface area contributed by atoms with E-state index in [-0.39, 0.29) is 5.60 Å². The van der Waals surface area contributed by atoms with Crippen molar-refractivity contribution in [1.82, 2.24) is 14.9 Å². The first-order valence-electron chi connectivity index (χ1n) is 5.22. The minimum Gasteiger partial charge on any atom is -0.375 e. The van der Waals surface area contributed by atoms with E-state index in [0.717, 1.165) is 13.0 Å². The van der Waals surface area contributed by atoms with Crippen LogP contribution in [0.25, 0.3) is 0 Å². The van der Waals surface area contributed by atoms with Gasteiger partial charge in [0.2, 0.25) is 0 Å². The molecule has 0 atom stereocenters. The third-order valence-corrected chi connectivity index (χ3v) is 4.86. The smallest absolute Gasteiger partial charge is 0.375 e. The second kappa shape index (κ2) is 5.82. The van der Waals surface area contributed by atoms with Crippen LogP contribution in [-0.2, 0) is 4.43 Å². The van der Waals surface area contributed by atoms with Crippen molar-refractivity contribution in [2.24, 2.45) is 0 Å². The molecule has 0 rings (SSSR count). The van der Waals surface area contributed by atoms with Crippen LogP contribution < -0.4 is 14.9 Å². The van der Waals surface area contributed by atoms with Crippen LogP contribution in [0.3, 0.4) is 0 Å². The van der Waals surface area contributed by atoms with E-state index in [1.807, 2.05) is 14.1 Å². The molecule has 0 unspecified atom stereocenters. The van der Waals surface area contributed by atoms with Gasteiger partial charge in [-0.25, -0.2) is 0 Å². The van der Waals surface area contributed by atoms with Crippen LogP contribution in [0.5, 0.6) is 0 Å². The Morgan fingerprint density at radius 2 is 1.64 bits per heavy atom. The normalized spacial score (nSPS) is 13.3. The van der Waals surface area contributed by atoms with Crippen LogP contribution in [-0.4, -0.2) is 35.0 Å².